The number of carbonyl (C=O) groups is 1. The average molecular weight is 446 g/mol. The highest BCUT2D eigenvalue weighted by atomic mass is 32.1. The SMILES string of the molecule is Cc1ccc(C(=O)N(c2cc(C#CC(C)(C)C)sc2C)C2CCC(O)CC2)c(F)c1F. The van der Waals surface area contributed by atoms with E-state index in [0.717, 1.165) is 9.75 Å². The third-order valence-corrected chi connectivity index (χ3v) is 6.42. The number of anilines is 1. The lowest BCUT2D eigenvalue weighted by atomic mass is 9.91. The molecule has 0 atom stereocenters. The number of hydrogen-bond donors (Lipinski definition) is 1. The molecule has 6 heteroatoms. The van der Waals surface area contributed by atoms with Crippen molar-refractivity contribution < 1.29 is 18.7 Å². The molecule has 0 radical (unpaired) electrons. The Kier molecular flexibility index (Phi) is 6.88. The van der Waals surface area contributed by atoms with E-state index in [1.54, 1.807) is 4.90 Å². The van der Waals surface area contributed by atoms with Crippen LogP contribution in [0.15, 0.2) is 18.2 Å². The van der Waals surface area contributed by atoms with Crippen molar-refractivity contribution in [1.29, 1.82) is 0 Å². The second kappa shape index (κ2) is 9.10. The van der Waals surface area contributed by atoms with Gasteiger partial charge in [-0.15, -0.1) is 11.3 Å². The van der Waals surface area contributed by atoms with Gasteiger partial charge in [0.2, 0.25) is 0 Å². The number of aliphatic hydroxyl groups is 1. The van der Waals surface area contributed by atoms with E-state index in [1.807, 2.05) is 33.8 Å². The summed E-state index contributed by atoms with van der Waals surface area (Å²) in [6, 6.07) is 4.44. The first kappa shape index (κ1) is 23.4. The van der Waals surface area contributed by atoms with Gasteiger partial charge in [-0.05, 0) is 78.0 Å². The van der Waals surface area contributed by atoms with Crippen LogP contribution in [0.4, 0.5) is 14.5 Å². The second-order valence-corrected chi connectivity index (χ2v) is 10.5. The number of thiophene rings is 1. The van der Waals surface area contributed by atoms with Gasteiger partial charge in [-0.3, -0.25) is 4.79 Å². The zero-order valence-electron chi connectivity index (χ0n) is 18.7. The summed E-state index contributed by atoms with van der Waals surface area (Å²) in [5.41, 5.74) is 0.403. The third kappa shape index (κ3) is 5.34. The molecule has 1 N–H and O–H groups in total. The van der Waals surface area contributed by atoms with E-state index in [2.05, 4.69) is 11.8 Å². The van der Waals surface area contributed by atoms with E-state index >= 15 is 0 Å². The number of hydrogen-bond acceptors (Lipinski definition) is 3. The molecular weight excluding hydrogens is 416 g/mol. The molecule has 0 bridgehead atoms. The van der Waals surface area contributed by atoms with Gasteiger partial charge in [-0.2, -0.15) is 0 Å². The molecule has 0 aliphatic heterocycles. The van der Waals surface area contributed by atoms with Gasteiger partial charge < -0.3 is 10.0 Å². The normalized spacial score (nSPS) is 19.0. The second-order valence-electron chi connectivity index (χ2n) is 9.25. The van der Waals surface area contributed by atoms with Crippen molar-refractivity contribution in [2.45, 2.75) is 72.4 Å². The van der Waals surface area contributed by atoms with Crippen LogP contribution in [-0.4, -0.2) is 23.2 Å². The minimum Gasteiger partial charge on any atom is -0.393 e. The number of halogens is 2. The predicted octanol–water partition coefficient (Wildman–Crippen LogP) is 5.99. The lowest BCUT2D eigenvalue weighted by Crippen LogP contribution is -2.44. The predicted molar refractivity (Wildman–Crippen MR) is 122 cm³/mol. The molecule has 0 spiro atoms. The van der Waals surface area contributed by atoms with Crippen LogP contribution in [0.1, 0.15) is 72.1 Å². The maximum absolute atomic E-state index is 14.7. The number of nitrogens with zero attached hydrogens (tertiary/aromatic N) is 1. The van der Waals surface area contributed by atoms with Gasteiger partial charge in [-0.1, -0.05) is 17.9 Å². The zero-order valence-corrected chi connectivity index (χ0v) is 19.5. The first-order valence-corrected chi connectivity index (χ1v) is 11.4. The molecule has 1 amide bonds. The number of aliphatic hydroxyl groups excluding tert-OH is 1. The van der Waals surface area contributed by atoms with E-state index in [9.17, 15) is 18.7 Å². The molecule has 1 saturated carbocycles. The molecule has 1 aromatic carbocycles. The monoisotopic (exact) mass is 445 g/mol. The number of amides is 1. The minimum absolute atomic E-state index is 0.157. The van der Waals surface area contributed by atoms with Crippen LogP contribution in [0.5, 0.6) is 0 Å². The van der Waals surface area contributed by atoms with Crippen molar-refractivity contribution >= 4 is 22.9 Å². The van der Waals surface area contributed by atoms with Crippen molar-refractivity contribution in [2.75, 3.05) is 4.90 Å². The Hall–Kier alpha value is -2.23. The van der Waals surface area contributed by atoms with Crippen LogP contribution in [-0.2, 0) is 0 Å². The van der Waals surface area contributed by atoms with Gasteiger partial charge in [0.05, 0.1) is 22.2 Å². The summed E-state index contributed by atoms with van der Waals surface area (Å²) >= 11 is 1.49. The summed E-state index contributed by atoms with van der Waals surface area (Å²) in [7, 11) is 0. The number of carbonyl (C=O) groups excluding carboxylic acids is 1. The Morgan fingerprint density at radius 2 is 1.77 bits per heavy atom. The minimum atomic E-state index is -1.12. The molecule has 3 nitrogen and oxygen atoms in total. The summed E-state index contributed by atoms with van der Waals surface area (Å²) in [5, 5.41) is 9.92. The lowest BCUT2D eigenvalue weighted by Gasteiger charge is -2.36. The summed E-state index contributed by atoms with van der Waals surface area (Å²) < 4.78 is 28.9. The smallest absolute Gasteiger partial charge is 0.261 e. The highest BCUT2D eigenvalue weighted by Crippen LogP contribution is 2.36. The lowest BCUT2D eigenvalue weighted by molar-refractivity contribution is 0.0923. The van der Waals surface area contributed by atoms with Gasteiger partial charge in [0, 0.05) is 16.3 Å². The average Bonchev–Trinajstić information content (AvgIpc) is 3.06. The van der Waals surface area contributed by atoms with Crippen molar-refractivity contribution in [3.05, 3.63) is 50.7 Å². The van der Waals surface area contributed by atoms with E-state index in [1.165, 1.54) is 30.4 Å². The molecule has 3 rings (SSSR count). The Bertz CT molecular complexity index is 1030. The molecule has 1 fully saturated rings. The quantitative estimate of drug-likeness (QED) is 0.590. The van der Waals surface area contributed by atoms with E-state index in [-0.39, 0.29) is 22.6 Å². The van der Waals surface area contributed by atoms with Crippen molar-refractivity contribution in [2.24, 2.45) is 5.41 Å². The third-order valence-electron chi connectivity index (χ3n) is 5.47. The summed E-state index contributed by atoms with van der Waals surface area (Å²) in [5.74, 6) is 3.70. The zero-order chi connectivity index (χ0) is 22.9. The van der Waals surface area contributed by atoms with Gasteiger partial charge in [0.15, 0.2) is 11.6 Å². The molecule has 166 valence electrons. The van der Waals surface area contributed by atoms with Crippen LogP contribution in [0, 0.1) is 42.7 Å². The number of aryl methyl sites for hydroxylation is 2. The Morgan fingerprint density at radius 3 is 2.39 bits per heavy atom. The highest BCUT2D eigenvalue weighted by Gasteiger charge is 2.33. The standard InChI is InChI=1S/C25H29F2NO2S/c1-15-6-11-20(23(27)22(15)26)24(30)28(17-7-9-18(29)10-8-17)21-14-19(31-16(21)2)12-13-25(3,4)5/h6,11,14,17-18,29H,7-10H2,1-5H3. The van der Waals surface area contributed by atoms with Crippen LogP contribution >= 0.6 is 11.3 Å². The molecule has 1 aliphatic rings. The first-order chi connectivity index (χ1) is 14.5. The molecule has 1 aliphatic carbocycles. The van der Waals surface area contributed by atoms with Crippen LogP contribution in [0.3, 0.4) is 0 Å². The molecule has 1 heterocycles. The fourth-order valence-corrected chi connectivity index (χ4v) is 4.62. The van der Waals surface area contributed by atoms with Gasteiger partial charge >= 0.3 is 0 Å². The van der Waals surface area contributed by atoms with E-state index in [4.69, 9.17) is 0 Å². The van der Waals surface area contributed by atoms with Crippen molar-refractivity contribution in [3.63, 3.8) is 0 Å². The van der Waals surface area contributed by atoms with E-state index < -0.39 is 23.6 Å². The Labute approximate surface area is 187 Å². The Morgan fingerprint density at radius 1 is 1.13 bits per heavy atom. The molecular formula is C25H29F2NO2S. The van der Waals surface area contributed by atoms with Crippen LogP contribution in [0.25, 0.3) is 0 Å². The maximum Gasteiger partial charge on any atom is 0.261 e. The summed E-state index contributed by atoms with van der Waals surface area (Å²) in [4.78, 5) is 16.8. The van der Waals surface area contributed by atoms with Crippen molar-refractivity contribution in [3.8, 4) is 11.8 Å². The van der Waals surface area contributed by atoms with Gasteiger partial charge in [0.1, 0.15) is 0 Å². The fourth-order valence-electron chi connectivity index (χ4n) is 3.75. The highest BCUT2D eigenvalue weighted by molar-refractivity contribution is 7.13. The molecule has 0 unspecified atom stereocenters. The summed E-state index contributed by atoms with van der Waals surface area (Å²) in [6.07, 6.45) is 1.94. The molecule has 0 saturated heterocycles. The van der Waals surface area contributed by atoms with Gasteiger partial charge in [-0.25, -0.2) is 8.78 Å². The van der Waals surface area contributed by atoms with E-state index in [0.29, 0.717) is 31.4 Å². The largest absolute Gasteiger partial charge is 0.393 e. The number of benzene rings is 1. The number of rotatable bonds is 3. The molecule has 31 heavy (non-hydrogen) atoms. The molecule has 1 aromatic heterocycles. The van der Waals surface area contributed by atoms with Crippen molar-refractivity contribution in [1.82, 2.24) is 0 Å². The Balaban J connectivity index is 2.06. The molecule has 2 aromatic rings. The fraction of sp³-hybridized carbons (Fsp3) is 0.480. The summed E-state index contributed by atoms with van der Waals surface area (Å²) in [6.45, 7) is 9.46. The van der Waals surface area contributed by atoms with Crippen LogP contribution < -0.4 is 4.90 Å². The van der Waals surface area contributed by atoms with Gasteiger partial charge in [0.25, 0.3) is 5.91 Å². The van der Waals surface area contributed by atoms with Crippen LogP contribution in [0.2, 0.25) is 0 Å². The topological polar surface area (TPSA) is 40.5 Å². The first-order valence-electron chi connectivity index (χ1n) is 10.6. The maximum atomic E-state index is 14.7.